The Balaban J connectivity index is 2.59. The van der Waals surface area contributed by atoms with Gasteiger partial charge in [0.2, 0.25) is 0 Å². The third-order valence-electron chi connectivity index (χ3n) is 2.10. The average molecular weight is 191 g/mol. The number of benzene rings is 1. The van der Waals surface area contributed by atoms with Crippen LogP contribution < -0.4 is 5.73 Å². The first-order valence-electron chi connectivity index (χ1n) is 3.98. The summed E-state index contributed by atoms with van der Waals surface area (Å²) in [6.45, 7) is 0. The van der Waals surface area contributed by atoms with Crippen LogP contribution in [-0.2, 0) is 0 Å². The van der Waals surface area contributed by atoms with Crippen molar-refractivity contribution >= 4 is 28.8 Å². The number of aliphatic hydroxyl groups excluding tert-OH is 1. The maximum absolute atomic E-state index is 9.69. The number of nitrogen functional groups attached to an aromatic ring is 1. The summed E-state index contributed by atoms with van der Waals surface area (Å²) in [6.07, 6.45) is 2.96. The Kier molecular flexibility index (Phi) is 1.90. The Bertz CT molecular complexity index is 398. The first-order valence-corrected chi connectivity index (χ1v) is 4.39. The van der Waals surface area contributed by atoms with Crippen LogP contribution in [0.15, 0.2) is 24.3 Å². The van der Waals surface area contributed by atoms with Crippen LogP contribution in [0.4, 0.5) is 5.69 Å². The van der Waals surface area contributed by atoms with Crippen LogP contribution in [0.25, 0.3) is 6.08 Å². The number of anilines is 1. The Morgan fingerprint density at radius 3 is 2.85 bits per heavy atom. The van der Waals surface area contributed by atoms with E-state index in [4.69, 9.17) is 18.0 Å². The maximum Gasteiger partial charge on any atom is 0.115 e. The van der Waals surface area contributed by atoms with Gasteiger partial charge in [0.15, 0.2) is 0 Å². The second-order valence-electron chi connectivity index (χ2n) is 3.03. The van der Waals surface area contributed by atoms with Crippen molar-refractivity contribution in [1.29, 1.82) is 0 Å². The molecule has 0 amide bonds. The summed E-state index contributed by atoms with van der Waals surface area (Å²) in [5.74, 6) is 0. The molecule has 1 aromatic rings. The molecule has 0 saturated heterocycles. The van der Waals surface area contributed by atoms with Crippen LogP contribution in [0.3, 0.4) is 0 Å². The van der Waals surface area contributed by atoms with Crippen molar-refractivity contribution in [2.24, 2.45) is 0 Å². The summed E-state index contributed by atoms with van der Waals surface area (Å²) >= 11 is 4.97. The molecule has 1 aromatic carbocycles. The molecule has 1 aliphatic rings. The monoisotopic (exact) mass is 191 g/mol. The van der Waals surface area contributed by atoms with Gasteiger partial charge in [-0.15, -0.1) is 0 Å². The van der Waals surface area contributed by atoms with Crippen molar-refractivity contribution in [3.63, 3.8) is 0 Å². The van der Waals surface area contributed by atoms with Crippen LogP contribution in [0.2, 0.25) is 0 Å². The van der Waals surface area contributed by atoms with Gasteiger partial charge in [0.25, 0.3) is 0 Å². The zero-order valence-corrected chi connectivity index (χ0v) is 7.71. The molecule has 2 nitrogen and oxygen atoms in total. The van der Waals surface area contributed by atoms with Crippen molar-refractivity contribution in [1.82, 2.24) is 0 Å². The van der Waals surface area contributed by atoms with E-state index in [1.165, 1.54) is 0 Å². The van der Waals surface area contributed by atoms with Gasteiger partial charge in [0.05, 0.1) is 0 Å². The summed E-state index contributed by atoms with van der Waals surface area (Å²) in [7, 11) is 0. The number of aliphatic hydroxyl groups is 1. The third-order valence-corrected chi connectivity index (χ3v) is 2.46. The van der Waals surface area contributed by atoms with Crippen LogP contribution in [0.1, 0.15) is 17.2 Å². The fraction of sp³-hybridized carbons (Fsp3) is 0.100. The molecule has 1 unspecified atom stereocenters. The molecule has 13 heavy (non-hydrogen) atoms. The Hall–Kier alpha value is -1.19. The van der Waals surface area contributed by atoms with E-state index in [1.807, 2.05) is 18.2 Å². The molecule has 3 heteroatoms. The summed E-state index contributed by atoms with van der Waals surface area (Å²) in [4.78, 5) is 0.553. The summed E-state index contributed by atoms with van der Waals surface area (Å²) < 4.78 is 0. The molecule has 0 aromatic heterocycles. The molecule has 0 fully saturated rings. The molecule has 0 heterocycles. The molecule has 0 bridgehead atoms. The molecular weight excluding hydrogens is 182 g/mol. The molecule has 66 valence electrons. The highest BCUT2D eigenvalue weighted by atomic mass is 32.1. The first-order chi connectivity index (χ1) is 6.18. The Labute approximate surface area is 81.7 Å². The lowest BCUT2D eigenvalue weighted by atomic mass is 9.94. The van der Waals surface area contributed by atoms with Crippen molar-refractivity contribution in [3.8, 4) is 0 Å². The van der Waals surface area contributed by atoms with Crippen molar-refractivity contribution < 1.29 is 5.11 Å². The SMILES string of the molecule is Nc1ccc2c(c1)C=CC(=S)C2O. The van der Waals surface area contributed by atoms with E-state index >= 15 is 0 Å². The fourth-order valence-electron chi connectivity index (χ4n) is 1.40. The van der Waals surface area contributed by atoms with Gasteiger partial charge in [-0.05, 0) is 29.3 Å². The molecule has 0 radical (unpaired) electrons. The van der Waals surface area contributed by atoms with Crippen LogP contribution in [0.5, 0.6) is 0 Å². The van der Waals surface area contributed by atoms with Gasteiger partial charge in [-0.25, -0.2) is 0 Å². The van der Waals surface area contributed by atoms with E-state index in [0.717, 1.165) is 11.1 Å². The van der Waals surface area contributed by atoms with Crippen LogP contribution >= 0.6 is 12.2 Å². The predicted octanol–water partition coefficient (Wildman–Crippen LogP) is 1.70. The van der Waals surface area contributed by atoms with E-state index in [9.17, 15) is 5.11 Å². The van der Waals surface area contributed by atoms with Crippen LogP contribution in [-0.4, -0.2) is 9.97 Å². The van der Waals surface area contributed by atoms with Gasteiger partial charge in [0.1, 0.15) is 6.10 Å². The van der Waals surface area contributed by atoms with Gasteiger partial charge in [-0.1, -0.05) is 24.4 Å². The molecular formula is C10H9NOS. The molecule has 0 saturated carbocycles. The number of hydrogen-bond acceptors (Lipinski definition) is 3. The van der Waals surface area contributed by atoms with Gasteiger partial charge < -0.3 is 10.8 Å². The number of thiocarbonyl (C=S) groups is 1. The average Bonchev–Trinajstić information content (AvgIpc) is 2.12. The number of fused-ring (bicyclic) bond motifs is 1. The van der Waals surface area contributed by atoms with Crippen molar-refractivity contribution in [2.75, 3.05) is 5.73 Å². The van der Waals surface area contributed by atoms with Crippen molar-refractivity contribution in [3.05, 3.63) is 35.4 Å². The summed E-state index contributed by atoms with van der Waals surface area (Å²) in [6, 6.07) is 5.41. The molecule has 0 aliphatic heterocycles. The lowest BCUT2D eigenvalue weighted by Gasteiger charge is -2.17. The normalized spacial score (nSPS) is 20.1. The smallest absolute Gasteiger partial charge is 0.115 e. The van der Waals surface area contributed by atoms with E-state index in [2.05, 4.69) is 0 Å². The van der Waals surface area contributed by atoms with Crippen molar-refractivity contribution in [2.45, 2.75) is 6.10 Å². The minimum atomic E-state index is -0.657. The summed E-state index contributed by atoms with van der Waals surface area (Å²) in [5, 5.41) is 9.69. The van der Waals surface area contributed by atoms with E-state index < -0.39 is 6.10 Å². The van der Waals surface area contributed by atoms with Gasteiger partial charge in [-0.3, -0.25) is 0 Å². The minimum Gasteiger partial charge on any atom is -0.399 e. The maximum atomic E-state index is 9.69. The van der Waals surface area contributed by atoms with E-state index in [1.54, 1.807) is 12.1 Å². The number of rotatable bonds is 0. The lowest BCUT2D eigenvalue weighted by Crippen LogP contribution is -2.12. The quantitative estimate of drug-likeness (QED) is 0.484. The minimum absolute atomic E-state index is 0.553. The summed E-state index contributed by atoms with van der Waals surface area (Å²) in [5.41, 5.74) is 8.09. The standard InChI is InChI=1S/C10H9NOS/c11-7-2-3-8-6(5-7)1-4-9(13)10(8)12/h1-5,10,12H,11H2. The predicted molar refractivity (Wildman–Crippen MR) is 57.4 cm³/mol. The molecule has 0 spiro atoms. The van der Waals surface area contributed by atoms with E-state index in [-0.39, 0.29) is 0 Å². The zero-order valence-electron chi connectivity index (χ0n) is 6.90. The Morgan fingerprint density at radius 2 is 2.08 bits per heavy atom. The molecule has 3 N–H and O–H groups in total. The van der Waals surface area contributed by atoms with E-state index in [0.29, 0.717) is 10.6 Å². The second kappa shape index (κ2) is 2.94. The lowest BCUT2D eigenvalue weighted by molar-refractivity contribution is 0.250. The number of nitrogens with two attached hydrogens (primary N) is 1. The fourth-order valence-corrected chi connectivity index (χ4v) is 1.60. The largest absolute Gasteiger partial charge is 0.399 e. The highest BCUT2D eigenvalue weighted by molar-refractivity contribution is 7.80. The molecule has 2 rings (SSSR count). The first kappa shape index (κ1) is 8.41. The Morgan fingerprint density at radius 1 is 1.31 bits per heavy atom. The van der Waals surface area contributed by atoms with Crippen LogP contribution in [0, 0.1) is 0 Å². The molecule has 1 aliphatic carbocycles. The zero-order chi connectivity index (χ0) is 9.42. The van der Waals surface area contributed by atoms with Gasteiger partial charge in [0, 0.05) is 10.6 Å². The second-order valence-corrected chi connectivity index (χ2v) is 3.50. The van der Waals surface area contributed by atoms with Gasteiger partial charge >= 0.3 is 0 Å². The number of hydrogen-bond donors (Lipinski definition) is 2. The van der Waals surface area contributed by atoms with Gasteiger partial charge in [-0.2, -0.15) is 0 Å². The topological polar surface area (TPSA) is 46.2 Å². The molecule has 1 atom stereocenters. The third kappa shape index (κ3) is 1.36. The highest BCUT2D eigenvalue weighted by Crippen LogP contribution is 2.27. The highest BCUT2D eigenvalue weighted by Gasteiger charge is 2.17.